The molecule has 0 radical (unpaired) electrons. The lowest BCUT2D eigenvalue weighted by Gasteiger charge is -2.55. The third kappa shape index (κ3) is 2.37. The maximum absolute atomic E-state index is 6.09. The van der Waals surface area contributed by atoms with Crippen LogP contribution in [0.1, 0.15) is 0 Å². The van der Waals surface area contributed by atoms with Gasteiger partial charge in [-0.05, 0) is 0 Å². The van der Waals surface area contributed by atoms with Gasteiger partial charge in [-0.1, -0.05) is 13.1 Å². The lowest BCUT2D eigenvalue weighted by molar-refractivity contribution is -0.326. The second-order valence-corrected chi connectivity index (χ2v) is 24.9. The summed E-state index contributed by atoms with van der Waals surface area (Å²) in [7, 11) is 1.37. The van der Waals surface area contributed by atoms with Gasteiger partial charge in [0.25, 0.3) is 5.97 Å². The molecular weight excluding hydrogens is 316 g/mol. The highest BCUT2D eigenvalue weighted by Gasteiger charge is 2.80. The molecule has 0 amide bonds. The van der Waals surface area contributed by atoms with E-state index < -0.39 is 29.5 Å². The fourth-order valence-corrected chi connectivity index (χ4v) is 30.8. The van der Waals surface area contributed by atoms with Gasteiger partial charge in [-0.25, -0.2) is 0 Å². The predicted octanol–water partition coefficient (Wildman–Crippen LogP) is 0.795. The first-order valence-corrected chi connectivity index (χ1v) is 15.0. The number of hydrogen-bond acceptors (Lipinski definition) is 7. The molecule has 0 saturated carbocycles. The smallest absolute Gasteiger partial charge is 0.397 e. The maximum atomic E-state index is 6.09. The third-order valence-corrected chi connectivity index (χ3v) is 31.8. The molecule has 10 heteroatoms. The summed E-state index contributed by atoms with van der Waals surface area (Å²) in [5.41, 5.74) is 0. The van der Waals surface area contributed by atoms with Gasteiger partial charge in [0.2, 0.25) is 0 Å². The Balaban J connectivity index is 3.46. The number of rotatable bonds is 6. The third-order valence-electron chi connectivity index (χ3n) is 3.98. The van der Waals surface area contributed by atoms with E-state index in [1.165, 1.54) is 0 Å². The Hall–Kier alpha value is 0.371. The van der Waals surface area contributed by atoms with Gasteiger partial charge in [0.05, 0.1) is 0 Å². The van der Waals surface area contributed by atoms with Crippen LogP contribution in [-0.4, -0.2) is 72.1 Å². The molecule has 0 spiro atoms. The zero-order chi connectivity index (χ0) is 15.7. The Bertz CT molecular complexity index is 327. The molecule has 1 saturated heterocycles. The van der Waals surface area contributed by atoms with Crippen LogP contribution in [0.2, 0.25) is 19.1 Å². The minimum atomic E-state index is -3.22. The van der Waals surface area contributed by atoms with Crippen molar-refractivity contribution in [3.63, 3.8) is 0 Å². The zero-order valence-corrected chi connectivity index (χ0v) is 16.6. The largest absolute Gasteiger partial charge is 0.538 e. The van der Waals surface area contributed by atoms with Gasteiger partial charge >= 0.3 is 15.9 Å². The fraction of sp³-hybridized carbons (Fsp3) is 1.00. The van der Waals surface area contributed by atoms with Crippen LogP contribution >= 0.6 is 0 Å². The summed E-state index contributed by atoms with van der Waals surface area (Å²) in [6.07, 6.45) is 0. The van der Waals surface area contributed by atoms with Crippen LogP contribution in [0, 0.1) is 0 Å². The standard InChI is InChI=1S/C10H26O7Si3/c1-11-10(12-2)9-18(7,8)20(15-5,16-6)19(13-3,14-4)17-10/h9H2,1-8H3. The molecule has 1 aliphatic rings. The Morgan fingerprint density at radius 2 is 1.25 bits per heavy atom. The topological polar surface area (TPSA) is 64.6 Å². The van der Waals surface area contributed by atoms with Crippen molar-refractivity contribution >= 4 is 23.5 Å². The van der Waals surface area contributed by atoms with Crippen molar-refractivity contribution in [1.29, 1.82) is 0 Å². The van der Waals surface area contributed by atoms with Crippen molar-refractivity contribution in [1.82, 2.24) is 0 Å². The summed E-state index contributed by atoms with van der Waals surface area (Å²) in [6.45, 7) is 4.34. The minimum absolute atomic E-state index is 0.586. The zero-order valence-electron chi connectivity index (χ0n) is 13.6. The molecule has 0 aliphatic carbocycles. The van der Waals surface area contributed by atoms with Gasteiger partial charge < -0.3 is 31.6 Å². The number of hydrogen-bond donors (Lipinski definition) is 0. The highest BCUT2D eigenvalue weighted by molar-refractivity contribution is 7.61. The van der Waals surface area contributed by atoms with E-state index in [-0.39, 0.29) is 0 Å². The predicted molar refractivity (Wildman–Crippen MR) is 79.7 cm³/mol. The van der Waals surface area contributed by atoms with E-state index in [0.717, 1.165) is 0 Å². The fourth-order valence-electron chi connectivity index (χ4n) is 3.01. The Morgan fingerprint density at radius 3 is 1.55 bits per heavy atom. The van der Waals surface area contributed by atoms with Crippen molar-refractivity contribution in [2.45, 2.75) is 25.1 Å². The highest BCUT2D eigenvalue weighted by atomic mass is 29.7. The molecule has 120 valence electrons. The lowest BCUT2D eigenvalue weighted by Crippen LogP contribution is -2.87. The van der Waals surface area contributed by atoms with Gasteiger partial charge in [0.15, 0.2) is 0 Å². The molecule has 7 nitrogen and oxygen atoms in total. The van der Waals surface area contributed by atoms with Gasteiger partial charge in [0.1, 0.15) is 7.59 Å². The van der Waals surface area contributed by atoms with Gasteiger partial charge in [0, 0.05) is 48.7 Å². The molecule has 0 unspecified atom stereocenters. The first-order chi connectivity index (χ1) is 9.28. The van der Waals surface area contributed by atoms with E-state index in [1.54, 1.807) is 42.7 Å². The summed E-state index contributed by atoms with van der Waals surface area (Å²) in [6, 6.07) is 0.586. The van der Waals surface area contributed by atoms with Crippen LogP contribution in [0.15, 0.2) is 0 Å². The Labute approximate surface area is 123 Å². The Kier molecular flexibility index (Phi) is 5.75. The van der Waals surface area contributed by atoms with E-state index in [1.807, 2.05) is 0 Å². The van der Waals surface area contributed by atoms with Crippen LogP contribution in [0.25, 0.3) is 0 Å². The average molecular weight is 343 g/mol. The average Bonchev–Trinajstić information content (AvgIpc) is 2.45. The summed E-state index contributed by atoms with van der Waals surface area (Å²) in [5, 5.41) is 0. The van der Waals surface area contributed by atoms with Crippen LogP contribution in [0.4, 0.5) is 0 Å². The molecule has 0 bridgehead atoms. The Morgan fingerprint density at radius 1 is 0.800 bits per heavy atom. The monoisotopic (exact) mass is 342 g/mol. The van der Waals surface area contributed by atoms with Crippen LogP contribution in [0.5, 0.6) is 0 Å². The highest BCUT2D eigenvalue weighted by Crippen LogP contribution is 2.45. The number of ether oxygens (including phenoxy) is 2. The molecular formula is C10H26O7Si3. The summed E-state index contributed by atoms with van der Waals surface area (Å²) in [5.74, 6) is -1.17. The molecule has 1 rings (SSSR count). The molecule has 0 atom stereocenters. The molecule has 20 heavy (non-hydrogen) atoms. The second-order valence-electron chi connectivity index (χ2n) is 5.24. The van der Waals surface area contributed by atoms with Crippen LogP contribution < -0.4 is 0 Å². The van der Waals surface area contributed by atoms with Crippen molar-refractivity contribution in [3.8, 4) is 0 Å². The summed E-state index contributed by atoms with van der Waals surface area (Å²) < 4.78 is 40.2. The second kappa shape index (κ2) is 6.24. The van der Waals surface area contributed by atoms with Gasteiger partial charge in [-0.3, -0.25) is 0 Å². The molecule has 1 aliphatic heterocycles. The minimum Gasteiger partial charge on any atom is -0.397 e. The normalized spacial score (nSPS) is 26.4. The first-order valence-electron chi connectivity index (χ1n) is 6.29. The summed E-state index contributed by atoms with van der Waals surface area (Å²) in [4.78, 5) is 0. The van der Waals surface area contributed by atoms with Crippen molar-refractivity contribution in [3.05, 3.63) is 0 Å². The van der Waals surface area contributed by atoms with Crippen molar-refractivity contribution in [2.24, 2.45) is 0 Å². The van der Waals surface area contributed by atoms with Crippen LogP contribution in [0.3, 0.4) is 0 Å². The van der Waals surface area contributed by atoms with Crippen LogP contribution in [-0.2, 0) is 31.6 Å². The summed E-state index contributed by atoms with van der Waals surface area (Å²) >= 11 is 0. The van der Waals surface area contributed by atoms with E-state index in [9.17, 15) is 0 Å². The van der Waals surface area contributed by atoms with Crippen molar-refractivity contribution < 1.29 is 31.6 Å². The van der Waals surface area contributed by atoms with Gasteiger partial charge in [-0.15, -0.1) is 0 Å². The van der Waals surface area contributed by atoms with E-state index >= 15 is 0 Å². The molecule has 0 aromatic rings. The maximum Gasteiger partial charge on any atom is 0.538 e. The first kappa shape index (κ1) is 18.4. The molecule has 1 heterocycles. The molecule has 0 aromatic carbocycles. The SMILES string of the molecule is COC1(OC)C[Si](C)(C)[Si](OC)(OC)[Si](OC)(OC)O1. The van der Waals surface area contributed by atoms with E-state index in [2.05, 4.69) is 13.1 Å². The van der Waals surface area contributed by atoms with E-state index in [0.29, 0.717) is 6.04 Å². The molecule has 0 N–H and O–H groups in total. The van der Waals surface area contributed by atoms with Crippen molar-refractivity contribution in [2.75, 3.05) is 42.7 Å². The molecule has 0 aromatic heterocycles. The van der Waals surface area contributed by atoms with E-state index in [4.69, 9.17) is 31.6 Å². The quantitative estimate of drug-likeness (QED) is 0.522. The van der Waals surface area contributed by atoms with Gasteiger partial charge in [-0.2, -0.15) is 0 Å². The lowest BCUT2D eigenvalue weighted by atomic mass is 10.6. The molecule has 1 fully saturated rings. The number of methoxy groups -OCH3 is 2.